The Labute approximate surface area is 80.3 Å². The van der Waals surface area contributed by atoms with Gasteiger partial charge in [0, 0.05) is 5.88 Å². The van der Waals surface area contributed by atoms with Gasteiger partial charge < -0.3 is 4.74 Å². The highest BCUT2D eigenvalue weighted by molar-refractivity contribution is 6.17. The Morgan fingerprint density at radius 1 is 1.54 bits per heavy atom. The third kappa shape index (κ3) is 2.42. The molecular weight excluding hydrogens is 195 g/mol. The lowest BCUT2D eigenvalue weighted by molar-refractivity contribution is 0.0600. The Kier molecular flexibility index (Phi) is 3.25. The predicted octanol–water partition coefficient (Wildman–Crippen LogP) is 2.35. The summed E-state index contributed by atoms with van der Waals surface area (Å²) in [5.41, 5.74) is 0.736. The quantitative estimate of drug-likeness (QED) is 0.544. The number of esters is 1. The van der Waals surface area contributed by atoms with E-state index in [1.807, 2.05) is 0 Å². The Bertz CT molecular complexity index is 325. The van der Waals surface area contributed by atoms with Crippen LogP contribution in [0, 0.1) is 5.82 Å². The van der Waals surface area contributed by atoms with Crippen LogP contribution in [0.4, 0.5) is 4.39 Å². The van der Waals surface area contributed by atoms with E-state index in [-0.39, 0.29) is 11.4 Å². The second-order valence-electron chi connectivity index (χ2n) is 2.47. The highest BCUT2D eigenvalue weighted by Gasteiger charge is 2.07. The molecule has 0 fully saturated rings. The normalized spacial score (nSPS) is 9.77. The van der Waals surface area contributed by atoms with Gasteiger partial charge in [-0.25, -0.2) is 9.18 Å². The van der Waals surface area contributed by atoms with Crippen LogP contribution in [0.25, 0.3) is 0 Å². The van der Waals surface area contributed by atoms with Crippen LogP contribution in [-0.4, -0.2) is 13.1 Å². The van der Waals surface area contributed by atoms with Gasteiger partial charge in [-0.3, -0.25) is 0 Å². The Morgan fingerprint density at radius 3 is 2.77 bits per heavy atom. The molecular formula is C9H8ClFO2. The van der Waals surface area contributed by atoms with Crippen molar-refractivity contribution in [2.45, 2.75) is 5.88 Å². The van der Waals surface area contributed by atoms with Gasteiger partial charge in [0.05, 0.1) is 12.7 Å². The average molecular weight is 203 g/mol. The molecule has 0 aliphatic carbocycles. The summed E-state index contributed by atoms with van der Waals surface area (Å²) in [6.45, 7) is 0. The molecule has 0 atom stereocenters. The molecule has 0 spiro atoms. The number of hydrogen-bond donors (Lipinski definition) is 0. The molecule has 1 aromatic carbocycles. The molecule has 0 amide bonds. The molecule has 0 aliphatic rings. The second-order valence-corrected chi connectivity index (χ2v) is 2.74. The fourth-order valence-corrected chi connectivity index (χ4v) is 1.12. The van der Waals surface area contributed by atoms with Crippen molar-refractivity contribution in [1.29, 1.82) is 0 Å². The minimum atomic E-state index is -0.564. The molecule has 70 valence electrons. The molecule has 0 heterocycles. The molecule has 0 aliphatic heterocycles. The van der Waals surface area contributed by atoms with E-state index in [2.05, 4.69) is 4.74 Å². The molecule has 0 saturated carbocycles. The molecule has 0 radical (unpaired) electrons. The van der Waals surface area contributed by atoms with Crippen LogP contribution in [0.1, 0.15) is 15.9 Å². The van der Waals surface area contributed by atoms with Gasteiger partial charge in [-0.2, -0.15) is 0 Å². The maximum Gasteiger partial charge on any atom is 0.337 e. The van der Waals surface area contributed by atoms with Crippen LogP contribution in [0.15, 0.2) is 18.2 Å². The summed E-state index contributed by atoms with van der Waals surface area (Å²) in [4.78, 5) is 11.0. The van der Waals surface area contributed by atoms with E-state index in [4.69, 9.17) is 11.6 Å². The van der Waals surface area contributed by atoms with Gasteiger partial charge in [-0.1, -0.05) is 0 Å². The summed E-state index contributed by atoms with van der Waals surface area (Å²) in [5, 5.41) is 0. The largest absolute Gasteiger partial charge is 0.465 e. The van der Waals surface area contributed by atoms with Crippen molar-refractivity contribution in [3.8, 4) is 0 Å². The van der Waals surface area contributed by atoms with E-state index in [0.717, 1.165) is 6.07 Å². The van der Waals surface area contributed by atoms with Crippen molar-refractivity contribution in [3.63, 3.8) is 0 Å². The number of alkyl halides is 1. The Morgan fingerprint density at radius 2 is 2.23 bits per heavy atom. The number of rotatable bonds is 2. The highest BCUT2D eigenvalue weighted by atomic mass is 35.5. The van der Waals surface area contributed by atoms with Crippen molar-refractivity contribution < 1.29 is 13.9 Å². The second kappa shape index (κ2) is 4.23. The van der Waals surface area contributed by atoms with E-state index >= 15 is 0 Å². The minimum absolute atomic E-state index is 0.168. The lowest BCUT2D eigenvalue weighted by atomic mass is 10.1. The summed E-state index contributed by atoms with van der Waals surface area (Å²) >= 11 is 5.50. The van der Waals surface area contributed by atoms with E-state index in [0.29, 0.717) is 5.56 Å². The number of hydrogen-bond acceptors (Lipinski definition) is 2. The summed E-state index contributed by atoms with van der Waals surface area (Å²) in [5.74, 6) is -0.883. The number of ether oxygens (including phenoxy) is 1. The van der Waals surface area contributed by atoms with E-state index in [1.54, 1.807) is 0 Å². The standard InChI is InChI=1S/C9H8ClFO2/c1-13-9(12)7-2-6(5-10)3-8(11)4-7/h2-4H,5H2,1H3. The molecule has 0 aromatic heterocycles. The van der Waals surface area contributed by atoms with Crippen LogP contribution < -0.4 is 0 Å². The van der Waals surface area contributed by atoms with Crippen molar-refractivity contribution in [3.05, 3.63) is 35.1 Å². The van der Waals surface area contributed by atoms with Gasteiger partial charge in [-0.05, 0) is 23.8 Å². The molecule has 1 aromatic rings. The fraction of sp³-hybridized carbons (Fsp3) is 0.222. The van der Waals surface area contributed by atoms with Crippen molar-refractivity contribution in [2.24, 2.45) is 0 Å². The number of benzene rings is 1. The third-order valence-electron chi connectivity index (χ3n) is 1.53. The summed E-state index contributed by atoms with van der Waals surface area (Å²) in [7, 11) is 1.24. The molecule has 2 nitrogen and oxygen atoms in total. The Balaban J connectivity index is 3.08. The number of halogens is 2. The molecule has 1 rings (SSSR count). The van der Waals surface area contributed by atoms with Gasteiger partial charge in [-0.15, -0.1) is 11.6 Å². The maximum absolute atomic E-state index is 12.8. The van der Waals surface area contributed by atoms with Crippen molar-refractivity contribution in [2.75, 3.05) is 7.11 Å². The first-order valence-electron chi connectivity index (χ1n) is 3.61. The van der Waals surface area contributed by atoms with Gasteiger partial charge in [0.1, 0.15) is 5.82 Å². The van der Waals surface area contributed by atoms with Gasteiger partial charge in [0.2, 0.25) is 0 Å². The minimum Gasteiger partial charge on any atom is -0.465 e. The first kappa shape index (κ1) is 9.99. The fourth-order valence-electron chi connectivity index (χ4n) is 0.963. The average Bonchev–Trinajstić information content (AvgIpc) is 2.15. The zero-order chi connectivity index (χ0) is 9.84. The molecule has 0 bridgehead atoms. The summed E-state index contributed by atoms with van der Waals surface area (Å²) < 4.78 is 17.3. The summed E-state index contributed by atoms with van der Waals surface area (Å²) in [6.07, 6.45) is 0. The van der Waals surface area contributed by atoms with E-state index in [9.17, 15) is 9.18 Å². The van der Waals surface area contributed by atoms with Crippen molar-refractivity contribution >= 4 is 17.6 Å². The monoisotopic (exact) mass is 202 g/mol. The third-order valence-corrected chi connectivity index (χ3v) is 1.84. The highest BCUT2D eigenvalue weighted by Crippen LogP contribution is 2.12. The first-order chi connectivity index (χ1) is 6.17. The topological polar surface area (TPSA) is 26.3 Å². The summed E-state index contributed by atoms with van der Waals surface area (Å²) in [6, 6.07) is 3.89. The number of carbonyl (C=O) groups is 1. The lowest BCUT2D eigenvalue weighted by Gasteiger charge is -2.01. The smallest absolute Gasteiger partial charge is 0.337 e. The van der Waals surface area contributed by atoms with Gasteiger partial charge in [0.25, 0.3) is 0 Å². The van der Waals surface area contributed by atoms with Gasteiger partial charge >= 0.3 is 5.97 Å². The van der Waals surface area contributed by atoms with E-state index in [1.165, 1.54) is 19.2 Å². The number of methoxy groups -OCH3 is 1. The van der Waals surface area contributed by atoms with E-state index < -0.39 is 11.8 Å². The van der Waals surface area contributed by atoms with Crippen LogP contribution in [0.3, 0.4) is 0 Å². The predicted molar refractivity (Wildman–Crippen MR) is 47.3 cm³/mol. The zero-order valence-corrected chi connectivity index (χ0v) is 7.77. The van der Waals surface area contributed by atoms with Crippen LogP contribution in [0.5, 0.6) is 0 Å². The van der Waals surface area contributed by atoms with Crippen LogP contribution in [0.2, 0.25) is 0 Å². The Hall–Kier alpha value is -1.09. The molecule has 13 heavy (non-hydrogen) atoms. The van der Waals surface area contributed by atoms with Crippen LogP contribution in [-0.2, 0) is 10.6 Å². The maximum atomic E-state index is 12.8. The first-order valence-corrected chi connectivity index (χ1v) is 4.14. The van der Waals surface area contributed by atoms with Crippen molar-refractivity contribution in [1.82, 2.24) is 0 Å². The molecule has 4 heteroatoms. The zero-order valence-electron chi connectivity index (χ0n) is 7.01. The lowest BCUT2D eigenvalue weighted by Crippen LogP contribution is -2.02. The SMILES string of the molecule is COC(=O)c1cc(F)cc(CCl)c1. The molecule has 0 saturated heterocycles. The molecule has 0 unspecified atom stereocenters. The number of carbonyl (C=O) groups excluding carboxylic acids is 1. The van der Waals surface area contributed by atoms with Crippen LogP contribution >= 0.6 is 11.6 Å². The molecule has 0 N–H and O–H groups in total. The van der Waals surface area contributed by atoms with Gasteiger partial charge in [0.15, 0.2) is 0 Å².